The molecular weight excluding hydrogens is 308 g/mol. The number of nitrogens with zero attached hydrogens (tertiary/aromatic N) is 2. The van der Waals surface area contributed by atoms with Crippen molar-refractivity contribution in [2.24, 2.45) is 0 Å². The predicted molar refractivity (Wildman–Crippen MR) is 90.4 cm³/mol. The predicted octanol–water partition coefficient (Wildman–Crippen LogP) is 2.01. The summed E-state index contributed by atoms with van der Waals surface area (Å²) >= 11 is 0. The largest absolute Gasteiger partial charge is 0.504 e. The number of aryl methyl sites for hydroxylation is 1. The molecule has 2 aromatic rings. The smallest absolute Gasteiger partial charge is 0.338 e. The molecule has 0 saturated carbocycles. The van der Waals surface area contributed by atoms with Crippen molar-refractivity contribution in [3.63, 3.8) is 0 Å². The van der Waals surface area contributed by atoms with Crippen molar-refractivity contribution < 1.29 is 24.3 Å². The first-order valence-electron chi connectivity index (χ1n) is 7.75. The van der Waals surface area contributed by atoms with Crippen LogP contribution in [-0.4, -0.2) is 36.9 Å². The number of aromatic nitrogens is 1. The van der Waals surface area contributed by atoms with Crippen LogP contribution >= 0.6 is 0 Å². The van der Waals surface area contributed by atoms with Crippen LogP contribution in [0.5, 0.6) is 11.5 Å². The lowest BCUT2D eigenvalue weighted by Gasteiger charge is -2.12. The van der Waals surface area contributed by atoms with Gasteiger partial charge < -0.3 is 19.8 Å². The molecule has 0 aliphatic rings. The Morgan fingerprint density at radius 2 is 1.83 bits per heavy atom. The van der Waals surface area contributed by atoms with Crippen molar-refractivity contribution in [1.82, 2.24) is 0 Å². The summed E-state index contributed by atoms with van der Waals surface area (Å²) in [6.45, 7) is 2.57. The molecular formula is C18H23N2O4+. The van der Waals surface area contributed by atoms with E-state index in [-0.39, 0.29) is 24.1 Å². The maximum Gasteiger partial charge on any atom is 0.338 e. The summed E-state index contributed by atoms with van der Waals surface area (Å²) < 4.78 is 7.07. The first-order chi connectivity index (χ1) is 11.4. The summed E-state index contributed by atoms with van der Waals surface area (Å²) in [7, 11) is 3.88. The van der Waals surface area contributed by atoms with E-state index >= 15 is 0 Å². The number of rotatable bonds is 6. The molecule has 6 nitrogen and oxygen atoms in total. The number of hydrogen-bond donors (Lipinski definition) is 2. The summed E-state index contributed by atoms with van der Waals surface area (Å²) in [6.07, 6.45) is 2.30. The minimum Gasteiger partial charge on any atom is -0.504 e. The van der Waals surface area contributed by atoms with Gasteiger partial charge in [0.1, 0.15) is 0 Å². The molecule has 0 atom stereocenters. The Bertz CT molecular complexity index is 712. The van der Waals surface area contributed by atoms with Crippen molar-refractivity contribution in [2.45, 2.75) is 19.9 Å². The maximum atomic E-state index is 12.0. The van der Waals surface area contributed by atoms with Crippen LogP contribution in [0.1, 0.15) is 22.5 Å². The molecule has 6 heteroatoms. The second-order valence-corrected chi connectivity index (χ2v) is 5.76. The summed E-state index contributed by atoms with van der Waals surface area (Å²) in [5, 5.41) is 19.1. The van der Waals surface area contributed by atoms with E-state index in [1.54, 1.807) is 29.8 Å². The molecule has 1 heterocycles. The van der Waals surface area contributed by atoms with Crippen molar-refractivity contribution in [1.29, 1.82) is 0 Å². The fourth-order valence-electron chi connectivity index (χ4n) is 2.29. The van der Waals surface area contributed by atoms with E-state index in [2.05, 4.69) is 0 Å². The molecule has 0 aliphatic heterocycles. The van der Waals surface area contributed by atoms with Crippen LogP contribution in [0.15, 0.2) is 36.5 Å². The third-order valence-electron chi connectivity index (χ3n) is 3.82. The molecule has 24 heavy (non-hydrogen) atoms. The molecule has 2 rings (SSSR count). The monoisotopic (exact) mass is 331 g/mol. The van der Waals surface area contributed by atoms with Crippen LogP contribution in [0, 0.1) is 6.92 Å². The Balaban J connectivity index is 1.84. The van der Waals surface area contributed by atoms with E-state index in [0.29, 0.717) is 24.2 Å². The molecule has 128 valence electrons. The molecule has 1 aromatic carbocycles. The van der Waals surface area contributed by atoms with Gasteiger partial charge in [-0.1, -0.05) is 0 Å². The maximum absolute atomic E-state index is 12.0. The van der Waals surface area contributed by atoms with Gasteiger partial charge in [0, 0.05) is 39.2 Å². The van der Waals surface area contributed by atoms with Crippen molar-refractivity contribution in [2.75, 3.05) is 25.6 Å². The van der Waals surface area contributed by atoms with Crippen LogP contribution < -0.4 is 9.47 Å². The van der Waals surface area contributed by atoms with E-state index in [9.17, 15) is 15.0 Å². The first kappa shape index (κ1) is 17.6. The number of esters is 1. The van der Waals surface area contributed by atoms with E-state index in [0.717, 1.165) is 5.69 Å². The fraction of sp³-hybridized carbons (Fsp3) is 0.333. The highest BCUT2D eigenvalue weighted by atomic mass is 16.5. The van der Waals surface area contributed by atoms with Gasteiger partial charge in [-0.25, -0.2) is 4.79 Å². The van der Waals surface area contributed by atoms with E-state index in [4.69, 9.17) is 4.74 Å². The number of anilines is 1. The summed E-state index contributed by atoms with van der Waals surface area (Å²) in [5.74, 6) is -0.623. The second-order valence-electron chi connectivity index (χ2n) is 5.76. The Labute approximate surface area is 141 Å². The van der Waals surface area contributed by atoms with Crippen molar-refractivity contribution >= 4 is 11.7 Å². The van der Waals surface area contributed by atoms with Gasteiger partial charge in [-0.15, -0.1) is 0 Å². The average Bonchev–Trinajstić information content (AvgIpc) is 2.58. The highest BCUT2D eigenvalue weighted by Crippen LogP contribution is 2.24. The number of carbonyl (C=O) groups is 1. The standard InChI is InChI=1S/C18H22N2O4/c1-13-17(22)16(21)9-11-20(13)10-4-12-24-18(23)14-5-7-15(8-6-14)19(2)3/h5-9,11,22H,4,10,12H2,1-3H3/p+1. The molecule has 0 radical (unpaired) electrons. The molecule has 2 N–H and O–H groups in total. The van der Waals surface area contributed by atoms with Crippen LogP contribution in [0.4, 0.5) is 5.69 Å². The minimum atomic E-state index is -0.351. The molecule has 0 bridgehead atoms. The van der Waals surface area contributed by atoms with Crippen LogP contribution in [-0.2, 0) is 11.3 Å². The second kappa shape index (κ2) is 7.68. The highest BCUT2D eigenvalue weighted by Gasteiger charge is 2.15. The van der Waals surface area contributed by atoms with Crippen molar-refractivity contribution in [3.8, 4) is 11.5 Å². The lowest BCUT2D eigenvalue weighted by atomic mass is 10.2. The van der Waals surface area contributed by atoms with Crippen LogP contribution in [0.3, 0.4) is 0 Å². The summed E-state index contributed by atoms with van der Waals surface area (Å²) in [6, 6.07) is 8.66. The molecule has 0 saturated heterocycles. The number of hydrogen-bond acceptors (Lipinski definition) is 5. The Morgan fingerprint density at radius 3 is 2.46 bits per heavy atom. The van der Waals surface area contributed by atoms with Gasteiger partial charge in [0.05, 0.1) is 12.2 Å². The van der Waals surface area contributed by atoms with Gasteiger partial charge in [0.25, 0.3) is 0 Å². The Morgan fingerprint density at radius 1 is 1.17 bits per heavy atom. The summed E-state index contributed by atoms with van der Waals surface area (Å²) in [4.78, 5) is 13.9. The third kappa shape index (κ3) is 4.16. The fourth-order valence-corrected chi connectivity index (χ4v) is 2.29. The highest BCUT2D eigenvalue weighted by molar-refractivity contribution is 5.89. The molecule has 0 aliphatic carbocycles. The topological polar surface area (TPSA) is 73.9 Å². The van der Waals surface area contributed by atoms with E-state index in [1.165, 1.54) is 6.07 Å². The minimum absolute atomic E-state index is 0.129. The van der Waals surface area contributed by atoms with E-state index in [1.807, 2.05) is 31.1 Å². The Hall–Kier alpha value is -2.76. The van der Waals surface area contributed by atoms with E-state index < -0.39 is 0 Å². The molecule has 1 aromatic heterocycles. The summed E-state index contributed by atoms with van der Waals surface area (Å²) in [5.41, 5.74) is 2.11. The lowest BCUT2D eigenvalue weighted by molar-refractivity contribution is -0.703. The zero-order chi connectivity index (χ0) is 17.7. The van der Waals surface area contributed by atoms with Gasteiger partial charge >= 0.3 is 5.97 Å². The number of benzene rings is 1. The average molecular weight is 331 g/mol. The van der Waals surface area contributed by atoms with Crippen molar-refractivity contribution in [3.05, 3.63) is 47.8 Å². The zero-order valence-electron chi connectivity index (χ0n) is 14.2. The molecule has 0 amide bonds. The number of aromatic hydroxyl groups is 2. The number of carbonyl (C=O) groups excluding carboxylic acids is 1. The lowest BCUT2D eigenvalue weighted by Crippen LogP contribution is -2.37. The molecule has 0 spiro atoms. The Kier molecular flexibility index (Phi) is 5.63. The third-order valence-corrected chi connectivity index (χ3v) is 3.82. The SMILES string of the molecule is Cc1c(O)c(O)cc[n+]1CCCOC(=O)c1ccc(N(C)C)cc1. The molecule has 0 unspecified atom stereocenters. The number of pyridine rings is 1. The quantitative estimate of drug-likeness (QED) is 0.481. The zero-order valence-corrected chi connectivity index (χ0v) is 14.2. The number of ether oxygens (including phenoxy) is 1. The molecule has 0 fully saturated rings. The van der Waals surface area contributed by atoms with Crippen LogP contribution in [0.2, 0.25) is 0 Å². The van der Waals surface area contributed by atoms with Gasteiger partial charge in [0.15, 0.2) is 18.5 Å². The van der Waals surface area contributed by atoms with Gasteiger partial charge in [-0.3, -0.25) is 0 Å². The van der Waals surface area contributed by atoms with Gasteiger partial charge in [0.2, 0.25) is 11.4 Å². The van der Waals surface area contributed by atoms with Gasteiger partial charge in [-0.2, -0.15) is 4.57 Å². The van der Waals surface area contributed by atoms with Gasteiger partial charge in [-0.05, 0) is 24.3 Å². The first-order valence-corrected chi connectivity index (χ1v) is 7.75. The van der Waals surface area contributed by atoms with Crippen LogP contribution in [0.25, 0.3) is 0 Å². The normalized spacial score (nSPS) is 10.5.